The second-order valence-corrected chi connectivity index (χ2v) is 8.73. The number of hydrogen-bond donors (Lipinski definition) is 4. The summed E-state index contributed by atoms with van der Waals surface area (Å²) in [7, 11) is 0. The van der Waals surface area contributed by atoms with Crippen LogP contribution < -0.4 is 21.3 Å². The summed E-state index contributed by atoms with van der Waals surface area (Å²) in [5.74, 6) is 0.662. The topological polar surface area (TPSA) is 65.2 Å². The second-order valence-electron chi connectivity index (χ2n) is 8.73. The Hall–Kier alpha value is -2.53. The van der Waals surface area contributed by atoms with Crippen molar-refractivity contribution < 1.29 is 4.79 Å². The zero-order valence-electron chi connectivity index (χ0n) is 17.0. The molecule has 1 amide bonds. The quantitative estimate of drug-likeness (QED) is 0.638. The van der Waals surface area contributed by atoms with Gasteiger partial charge in [0.2, 0.25) is 5.91 Å². The number of benzene rings is 2. The number of fused-ring (bicyclic) bond motifs is 2. The molecule has 1 saturated carbocycles. The molecule has 5 nitrogen and oxygen atoms in total. The zero-order chi connectivity index (χ0) is 19.8. The van der Waals surface area contributed by atoms with E-state index in [0.717, 1.165) is 17.8 Å². The number of hydrogen-bond acceptors (Lipinski definition) is 4. The van der Waals surface area contributed by atoms with Crippen molar-refractivity contribution in [3.8, 4) is 0 Å². The van der Waals surface area contributed by atoms with Gasteiger partial charge in [0.25, 0.3) is 0 Å². The third-order valence-electron chi connectivity index (χ3n) is 6.77. The third kappa shape index (κ3) is 3.60. The molecule has 0 bridgehead atoms. The van der Waals surface area contributed by atoms with Crippen molar-refractivity contribution in [2.75, 3.05) is 10.6 Å². The molecule has 0 aromatic heterocycles. The summed E-state index contributed by atoms with van der Waals surface area (Å²) >= 11 is 0. The van der Waals surface area contributed by atoms with Gasteiger partial charge in [-0.3, -0.25) is 10.1 Å². The van der Waals surface area contributed by atoms with E-state index < -0.39 is 0 Å². The van der Waals surface area contributed by atoms with Crippen molar-refractivity contribution in [2.24, 2.45) is 5.92 Å². The first kappa shape index (κ1) is 18.5. The Labute approximate surface area is 172 Å². The van der Waals surface area contributed by atoms with E-state index in [1.165, 1.54) is 48.8 Å². The van der Waals surface area contributed by atoms with Crippen LogP contribution in [0.3, 0.4) is 0 Å². The lowest BCUT2D eigenvalue weighted by Crippen LogP contribution is -2.58. The first-order valence-corrected chi connectivity index (χ1v) is 11.0. The van der Waals surface area contributed by atoms with Crippen LogP contribution in [-0.4, -0.2) is 18.2 Å². The third-order valence-corrected chi connectivity index (χ3v) is 6.77. The van der Waals surface area contributed by atoms with E-state index >= 15 is 0 Å². The molecule has 2 aliphatic heterocycles. The molecule has 3 unspecified atom stereocenters. The minimum Gasteiger partial charge on any atom is -0.373 e. The standard InChI is InChI=1S/C24H30N4O/c1-15-8-7-11-17-14-20(25-21(15)17)23(29)28-24-26-19-13-6-5-12-18(19)22(27-24)16-9-3-2-4-10-16/h5-8,11-13,16,20,22,24-27H,2-4,9-10,14H2,1H3,(H,28,29). The van der Waals surface area contributed by atoms with Crippen molar-refractivity contribution in [3.05, 3.63) is 59.2 Å². The highest BCUT2D eigenvalue weighted by atomic mass is 16.2. The molecule has 2 aromatic carbocycles. The molecule has 3 atom stereocenters. The number of carbonyl (C=O) groups excluding carboxylic acids is 1. The molecule has 2 aromatic rings. The lowest BCUT2D eigenvalue weighted by atomic mass is 9.80. The van der Waals surface area contributed by atoms with Crippen LogP contribution in [0.15, 0.2) is 42.5 Å². The smallest absolute Gasteiger partial charge is 0.245 e. The summed E-state index contributed by atoms with van der Waals surface area (Å²) in [6.45, 7) is 2.09. The number of carbonyl (C=O) groups is 1. The molecule has 0 radical (unpaired) electrons. The predicted molar refractivity (Wildman–Crippen MR) is 117 cm³/mol. The van der Waals surface area contributed by atoms with Crippen LogP contribution in [0.2, 0.25) is 0 Å². The molecule has 152 valence electrons. The van der Waals surface area contributed by atoms with Crippen LogP contribution >= 0.6 is 0 Å². The molecule has 5 heteroatoms. The maximum atomic E-state index is 13.0. The largest absolute Gasteiger partial charge is 0.373 e. The van der Waals surface area contributed by atoms with Crippen molar-refractivity contribution in [1.29, 1.82) is 0 Å². The number of nitrogens with one attached hydrogen (secondary N) is 4. The van der Waals surface area contributed by atoms with Gasteiger partial charge in [-0.1, -0.05) is 55.7 Å². The van der Waals surface area contributed by atoms with Gasteiger partial charge in [-0.25, -0.2) is 0 Å². The van der Waals surface area contributed by atoms with Crippen LogP contribution in [0.25, 0.3) is 0 Å². The van der Waals surface area contributed by atoms with E-state index in [1.807, 2.05) is 0 Å². The van der Waals surface area contributed by atoms with Crippen molar-refractivity contribution in [3.63, 3.8) is 0 Å². The van der Waals surface area contributed by atoms with Crippen LogP contribution in [0.4, 0.5) is 11.4 Å². The van der Waals surface area contributed by atoms with Crippen LogP contribution in [0, 0.1) is 12.8 Å². The van der Waals surface area contributed by atoms with E-state index in [0.29, 0.717) is 5.92 Å². The lowest BCUT2D eigenvalue weighted by molar-refractivity contribution is -0.122. The van der Waals surface area contributed by atoms with E-state index in [2.05, 4.69) is 70.7 Å². The van der Waals surface area contributed by atoms with E-state index in [-0.39, 0.29) is 24.3 Å². The van der Waals surface area contributed by atoms with Gasteiger partial charge in [0.15, 0.2) is 6.29 Å². The van der Waals surface area contributed by atoms with Crippen LogP contribution in [0.5, 0.6) is 0 Å². The van der Waals surface area contributed by atoms with E-state index in [4.69, 9.17) is 0 Å². The van der Waals surface area contributed by atoms with E-state index in [1.54, 1.807) is 0 Å². The monoisotopic (exact) mass is 390 g/mol. The highest BCUT2D eigenvalue weighted by Gasteiger charge is 2.34. The Bertz CT molecular complexity index is 906. The molecule has 3 aliphatic rings. The summed E-state index contributed by atoms with van der Waals surface area (Å²) in [5.41, 5.74) is 5.98. The van der Waals surface area contributed by atoms with Gasteiger partial charge >= 0.3 is 0 Å². The van der Waals surface area contributed by atoms with Crippen LogP contribution in [-0.2, 0) is 11.2 Å². The highest BCUT2D eigenvalue weighted by molar-refractivity contribution is 5.88. The van der Waals surface area contributed by atoms with Gasteiger partial charge in [-0.2, -0.15) is 0 Å². The maximum absolute atomic E-state index is 13.0. The second kappa shape index (κ2) is 7.71. The predicted octanol–water partition coefficient (Wildman–Crippen LogP) is 4.07. The fraction of sp³-hybridized carbons (Fsp3) is 0.458. The van der Waals surface area contributed by atoms with E-state index in [9.17, 15) is 4.79 Å². The van der Waals surface area contributed by atoms with Crippen molar-refractivity contribution in [1.82, 2.24) is 10.6 Å². The first-order chi connectivity index (χ1) is 14.2. The van der Waals surface area contributed by atoms with Crippen molar-refractivity contribution >= 4 is 17.3 Å². The molecule has 4 N–H and O–H groups in total. The fourth-order valence-corrected chi connectivity index (χ4v) is 5.25. The maximum Gasteiger partial charge on any atom is 0.245 e. The molecule has 1 fully saturated rings. The van der Waals surface area contributed by atoms with Gasteiger partial charge in [0, 0.05) is 23.8 Å². The molecular weight excluding hydrogens is 360 g/mol. The molecule has 1 aliphatic carbocycles. The van der Waals surface area contributed by atoms with Gasteiger partial charge in [0.1, 0.15) is 6.04 Å². The average Bonchev–Trinajstić information content (AvgIpc) is 3.20. The Morgan fingerprint density at radius 1 is 1.00 bits per heavy atom. The fourth-order valence-electron chi connectivity index (χ4n) is 5.25. The lowest BCUT2D eigenvalue weighted by Gasteiger charge is -2.40. The number of para-hydroxylation sites is 2. The molecular formula is C24H30N4O. The Morgan fingerprint density at radius 2 is 1.83 bits per heavy atom. The summed E-state index contributed by atoms with van der Waals surface area (Å²) < 4.78 is 0. The van der Waals surface area contributed by atoms with Gasteiger partial charge < -0.3 is 16.0 Å². The molecule has 5 rings (SSSR count). The first-order valence-electron chi connectivity index (χ1n) is 11.0. The summed E-state index contributed by atoms with van der Waals surface area (Å²) in [6, 6.07) is 14.8. The van der Waals surface area contributed by atoms with Gasteiger partial charge in [0.05, 0.1) is 0 Å². The minimum atomic E-state index is -0.254. The zero-order valence-corrected chi connectivity index (χ0v) is 17.0. The Morgan fingerprint density at radius 3 is 2.66 bits per heavy atom. The SMILES string of the molecule is Cc1cccc2c1NC(C(=O)NC1Nc3ccccc3C(C3CCCCC3)N1)C2. The summed E-state index contributed by atoms with van der Waals surface area (Å²) in [6.07, 6.45) is 6.94. The number of rotatable bonds is 3. The highest BCUT2D eigenvalue weighted by Crippen LogP contribution is 2.39. The molecule has 0 spiro atoms. The van der Waals surface area contributed by atoms with Crippen molar-refractivity contribution in [2.45, 2.75) is 63.8 Å². The van der Waals surface area contributed by atoms with Gasteiger partial charge in [-0.15, -0.1) is 0 Å². The minimum absolute atomic E-state index is 0.0346. The Kier molecular flexibility index (Phi) is 4.92. The average molecular weight is 391 g/mol. The summed E-state index contributed by atoms with van der Waals surface area (Å²) in [5, 5.41) is 13.8. The number of aryl methyl sites for hydroxylation is 1. The Balaban J connectivity index is 1.30. The summed E-state index contributed by atoms with van der Waals surface area (Å²) in [4.78, 5) is 13.0. The van der Waals surface area contributed by atoms with Gasteiger partial charge in [-0.05, 0) is 48.4 Å². The molecule has 2 heterocycles. The number of anilines is 2. The molecule has 0 saturated heterocycles. The van der Waals surface area contributed by atoms with Crippen LogP contribution in [0.1, 0.15) is 54.8 Å². The number of amides is 1. The molecule has 29 heavy (non-hydrogen) atoms. The normalized spacial score (nSPS) is 26.0.